The zero-order valence-electron chi connectivity index (χ0n) is 8.85. The molecule has 0 saturated carbocycles. The van der Waals surface area contributed by atoms with E-state index in [1.807, 2.05) is 6.07 Å². The predicted molar refractivity (Wildman–Crippen MR) is 59.3 cm³/mol. The van der Waals surface area contributed by atoms with Gasteiger partial charge in [-0.05, 0) is 31.5 Å². The molecule has 1 aromatic rings. The Labute approximate surface area is 94.2 Å². The lowest BCUT2D eigenvalue weighted by atomic mass is 10.2. The number of ether oxygens (including phenoxy) is 1. The van der Waals surface area contributed by atoms with Crippen LogP contribution in [-0.4, -0.2) is 35.3 Å². The fourth-order valence-corrected chi connectivity index (χ4v) is 2.01. The smallest absolute Gasteiger partial charge is 0.224 e. The van der Waals surface area contributed by atoms with E-state index in [0.717, 1.165) is 18.9 Å². The molecule has 1 aliphatic heterocycles. The minimum atomic E-state index is 0.225. The van der Waals surface area contributed by atoms with Crippen LogP contribution >= 0.6 is 11.6 Å². The van der Waals surface area contributed by atoms with Crippen LogP contribution in [0.3, 0.4) is 0 Å². The summed E-state index contributed by atoms with van der Waals surface area (Å²) in [6, 6.07) is 1.87. The van der Waals surface area contributed by atoms with Gasteiger partial charge in [-0.2, -0.15) is 0 Å². The number of nitrogens with zero attached hydrogens (tertiary/aromatic N) is 3. The predicted octanol–water partition coefficient (Wildman–Crippen LogP) is 1.74. The molecule has 1 aromatic heterocycles. The van der Waals surface area contributed by atoms with E-state index in [2.05, 4.69) is 28.7 Å². The summed E-state index contributed by atoms with van der Waals surface area (Å²) in [4.78, 5) is 10.2. The summed E-state index contributed by atoms with van der Waals surface area (Å²) in [5.74, 6) is 0.872. The van der Waals surface area contributed by atoms with Crippen LogP contribution in [0, 0.1) is 0 Å². The Bertz CT molecular complexity index is 337. The minimum Gasteiger partial charge on any atom is -0.372 e. The number of anilines is 1. The van der Waals surface area contributed by atoms with Crippen LogP contribution < -0.4 is 4.90 Å². The molecule has 0 aliphatic carbocycles. The number of hydrogen-bond donors (Lipinski definition) is 0. The highest BCUT2D eigenvalue weighted by Gasteiger charge is 2.23. The van der Waals surface area contributed by atoms with E-state index >= 15 is 0 Å². The van der Waals surface area contributed by atoms with Crippen LogP contribution in [0.15, 0.2) is 12.3 Å². The van der Waals surface area contributed by atoms with Gasteiger partial charge in [0.05, 0.1) is 12.2 Å². The van der Waals surface area contributed by atoms with Crippen LogP contribution in [0.4, 0.5) is 5.82 Å². The second-order valence-corrected chi connectivity index (χ2v) is 4.18. The summed E-state index contributed by atoms with van der Waals surface area (Å²) >= 11 is 5.76. The van der Waals surface area contributed by atoms with Crippen molar-refractivity contribution < 1.29 is 4.74 Å². The first-order chi connectivity index (χ1) is 7.15. The lowest BCUT2D eigenvalue weighted by Crippen LogP contribution is -2.45. The van der Waals surface area contributed by atoms with Gasteiger partial charge in [-0.25, -0.2) is 9.97 Å². The van der Waals surface area contributed by atoms with Crippen molar-refractivity contribution in [3.63, 3.8) is 0 Å². The Morgan fingerprint density at radius 3 is 2.67 bits per heavy atom. The molecule has 1 fully saturated rings. The standard InChI is InChI=1S/C10H14ClN3O/c1-7-5-14(6-8(2)15-7)9-3-4-12-10(11)13-9/h3-4,7-8H,5-6H2,1-2H3/t7-,8-/m1/s1. The average molecular weight is 228 g/mol. The summed E-state index contributed by atoms with van der Waals surface area (Å²) < 4.78 is 5.65. The molecule has 0 bridgehead atoms. The number of morpholine rings is 1. The fourth-order valence-electron chi connectivity index (χ4n) is 1.87. The summed E-state index contributed by atoms with van der Waals surface area (Å²) in [6.07, 6.45) is 2.13. The van der Waals surface area contributed by atoms with Crippen LogP contribution in [0.5, 0.6) is 0 Å². The van der Waals surface area contributed by atoms with Crippen LogP contribution in [0.25, 0.3) is 0 Å². The van der Waals surface area contributed by atoms with Crippen molar-refractivity contribution >= 4 is 17.4 Å². The van der Waals surface area contributed by atoms with Crippen molar-refractivity contribution in [3.05, 3.63) is 17.5 Å². The molecule has 15 heavy (non-hydrogen) atoms. The lowest BCUT2D eigenvalue weighted by Gasteiger charge is -2.35. The van der Waals surface area contributed by atoms with Gasteiger partial charge in [-0.15, -0.1) is 0 Å². The van der Waals surface area contributed by atoms with Gasteiger partial charge in [-0.3, -0.25) is 0 Å². The zero-order valence-corrected chi connectivity index (χ0v) is 9.61. The zero-order chi connectivity index (χ0) is 10.8. The molecule has 5 heteroatoms. The molecule has 2 heterocycles. The first kappa shape index (κ1) is 10.6. The molecule has 1 saturated heterocycles. The van der Waals surface area contributed by atoms with Gasteiger partial charge >= 0.3 is 0 Å². The molecule has 82 valence electrons. The topological polar surface area (TPSA) is 38.2 Å². The molecule has 1 aliphatic rings. The molecule has 2 atom stereocenters. The van der Waals surface area contributed by atoms with Gasteiger partial charge < -0.3 is 9.64 Å². The van der Waals surface area contributed by atoms with Gasteiger partial charge in [-0.1, -0.05) is 0 Å². The average Bonchev–Trinajstić information content (AvgIpc) is 2.16. The fraction of sp³-hybridized carbons (Fsp3) is 0.600. The van der Waals surface area contributed by atoms with Gasteiger partial charge in [0.25, 0.3) is 0 Å². The number of rotatable bonds is 1. The third-order valence-corrected chi connectivity index (χ3v) is 2.54. The maximum absolute atomic E-state index is 5.76. The van der Waals surface area contributed by atoms with Crippen molar-refractivity contribution in [3.8, 4) is 0 Å². The highest BCUT2D eigenvalue weighted by atomic mass is 35.5. The van der Waals surface area contributed by atoms with E-state index < -0.39 is 0 Å². The Hall–Kier alpha value is -0.870. The molecule has 4 nitrogen and oxygen atoms in total. The second kappa shape index (κ2) is 4.33. The number of halogens is 1. The third kappa shape index (κ3) is 2.58. The summed E-state index contributed by atoms with van der Waals surface area (Å²) in [5, 5.41) is 0.291. The normalized spacial score (nSPS) is 26.7. The highest BCUT2D eigenvalue weighted by Crippen LogP contribution is 2.18. The van der Waals surface area contributed by atoms with Gasteiger partial charge in [0.2, 0.25) is 5.28 Å². The van der Waals surface area contributed by atoms with Gasteiger partial charge in [0, 0.05) is 19.3 Å². The van der Waals surface area contributed by atoms with E-state index in [0.29, 0.717) is 5.28 Å². The summed E-state index contributed by atoms with van der Waals surface area (Å²) in [7, 11) is 0. The second-order valence-electron chi connectivity index (χ2n) is 3.85. The van der Waals surface area contributed by atoms with Crippen molar-refractivity contribution in [2.24, 2.45) is 0 Å². The molecule has 0 spiro atoms. The molecule has 0 aromatic carbocycles. The first-order valence-electron chi connectivity index (χ1n) is 5.04. The van der Waals surface area contributed by atoms with E-state index in [1.54, 1.807) is 6.20 Å². The lowest BCUT2D eigenvalue weighted by molar-refractivity contribution is -0.00546. The quantitative estimate of drug-likeness (QED) is 0.685. The maximum atomic E-state index is 5.76. The first-order valence-corrected chi connectivity index (χ1v) is 5.42. The molecule has 0 unspecified atom stereocenters. The van der Waals surface area contributed by atoms with Crippen molar-refractivity contribution in [1.82, 2.24) is 9.97 Å². The van der Waals surface area contributed by atoms with Gasteiger partial charge in [0.1, 0.15) is 5.82 Å². The van der Waals surface area contributed by atoms with E-state index in [-0.39, 0.29) is 12.2 Å². The third-order valence-electron chi connectivity index (χ3n) is 2.36. The van der Waals surface area contributed by atoms with Crippen molar-refractivity contribution in [2.45, 2.75) is 26.1 Å². The largest absolute Gasteiger partial charge is 0.372 e. The molecule has 2 rings (SSSR count). The molecular weight excluding hydrogens is 214 g/mol. The van der Waals surface area contributed by atoms with Gasteiger partial charge in [0.15, 0.2) is 0 Å². The maximum Gasteiger partial charge on any atom is 0.224 e. The monoisotopic (exact) mass is 227 g/mol. The molecule has 0 N–H and O–H groups in total. The highest BCUT2D eigenvalue weighted by molar-refractivity contribution is 6.28. The molecular formula is C10H14ClN3O. The van der Waals surface area contributed by atoms with Crippen molar-refractivity contribution in [1.29, 1.82) is 0 Å². The van der Waals surface area contributed by atoms with Crippen molar-refractivity contribution in [2.75, 3.05) is 18.0 Å². The molecule has 0 radical (unpaired) electrons. The SMILES string of the molecule is C[C@@H]1CN(c2ccnc(Cl)n2)C[C@@H](C)O1. The Balaban J connectivity index is 2.16. The summed E-state index contributed by atoms with van der Waals surface area (Å²) in [5.41, 5.74) is 0. The van der Waals surface area contributed by atoms with E-state index in [9.17, 15) is 0 Å². The Kier molecular flexibility index (Phi) is 3.07. The van der Waals surface area contributed by atoms with Crippen LogP contribution in [0.2, 0.25) is 5.28 Å². The van der Waals surface area contributed by atoms with Crippen LogP contribution in [-0.2, 0) is 4.74 Å². The van der Waals surface area contributed by atoms with E-state index in [1.165, 1.54) is 0 Å². The minimum absolute atomic E-state index is 0.225. The van der Waals surface area contributed by atoms with Crippen LogP contribution in [0.1, 0.15) is 13.8 Å². The summed E-state index contributed by atoms with van der Waals surface area (Å²) in [6.45, 7) is 5.81. The number of aromatic nitrogens is 2. The number of hydrogen-bond acceptors (Lipinski definition) is 4. The Morgan fingerprint density at radius 1 is 1.40 bits per heavy atom. The van der Waals surface area contributed by atoms with E-state index in [4.69, 9.17) is 16.3 Å². The Morgan fingerprint density at radius 2 is 2.07 bits per heavy atom. The molecule has 0 amide bonds.